The van der Waals surface area contributed by atoms with Gasteiger partial charge in [-0.15, -0.1) is 0 Å². The lowest BCUT2D eigenvalue weighted by atomic mass is 10.0. The zero-order chi connectivity index (χ0) is 16.7. The number of aryl methyl sites for hydroxylation is 1. The van der Waals surface area contributed by atoms with Crippen LogP contribution in [-0.4, -0.2) is 16.1 Å². The number of amides is 2. The van der Waals surface area contributed by atoms with E-state index in [-0.39, 0.29) is 5.24 Å². The van der Waals surface area contributed by atoms with E-state index in [1.165, 1.54) is 5.56 Å². The van der Waals surface area contributed by atoms with Crippen molar-refractivity contribution in [1.29, 1.82) is 0 Å². The van der Waals surface area contributed by atoms with E-state index in [1.807, 2.05) is 37.3 Å². The number of hydrogen-bond donors (Lipinski definition) is 1. The summed E-state index contributed by atoms with van der Waals surface area (Å²) in [6.07, 6.45) is 5.04. The van der Waals surface area contributed by atoms with E-state index in [1.54, 1.807) is 18.5 Å². The molecule has 1 aliphatic heterocycles. The van der Waals surface area contributed by atoms with E-state index in [0.29, 0.717) is 16.2 Å². The molecule has 0 unspecified atom stereocenters. The molecular formula is C18H12N2O3S. The van der Waals surface area contributed by atoms with E-state index in [9.17, 15) is 9.59 Å². The van der Waals surface area contributed by atoms with Gasteiger partial charge in [0.25, 0.3) is 11.1 Å². The summed E-state index contributed by atoms with van der Waals surface area (Å²) in [5.74, 6) is 0.112. The molecule has 3 aromatic rings. The van der Waals surface area contributed by atoms with Crippen LogP contribution in [0.3, 0.4) is 0 Å². The second-order valence-corrected chi connectivity index (χ2v) is 6.49. The van der Waals surface area contributed by atoms with Gasteiger partial charge in [-0.1, -0.05) is 29.8 Å². The first kappa shape index (κ1) is 14.7. The molecule has 0 atom stereocenters. The van der Waals surface area contributed by atoms with Crippen LogP contribution in [-0.2, 0) is 4.79 Å². The summed E-state index contributed by atoms with van der Waals surface area (Å²) >= 11 is 0.866. The molecule has 1 N–H and O–H groups in total. The average Bonchev–Trinajstić information content (AvgIpc) is 3.10. The number of pyridine rings is 1. The molecule has 2 aromatic heterocycles. The standard InChI is InChI=1S/C18H12N2O3S/c1-10-2-4-11(5-3-10)14-9-19-8-12-6-13(23-16(12)14)7-15-17(21)20-18(22)24-15/h2-9H,1H3,(H,20,21,22)/b15-7-. The van der Waals surface area contributed by atoms with Crippen LogP contribution in [0.15, 0.2) is 52.0 Å². The Labute approximate surface area is 141 Å². The van der Waals surface area contributed by atoms with Crippen LogP contribution >= 0.6 is 11.8 Å². The van der Waals surface area contributed by atoms with Crippen molar-refractivity contribution in [3.05, 3.63) is 59.0 Å². The lowest BCUT2D eigenvalue weighted by Gasteiger charge is -2.02. The summed E-state index contributed by atoms with van der Waals surface area (Å²) in [5.41, 5.74) is 3.78. The number of nitrogens with zero attached hydrogens (tertiary/aromatic N) is 1. The minimum Gasteiger partial charge on any atom is -0.456 e. The molecule has 4 rings (SSSR count). The van der Waals surface area contributed by atoms with Gasteiger partial charge in [0.1, 0.15) is 11.3 Å². The Balaban J connectivity index is 1.80. The van der Waals surface area contributed by atoms with Gasteiger partial charge in [-0.2, -0.15) is 0 Å². The van der Waals surface area contributed by atoms with Crippen molar-refractivity contribution in [3.63, 3.8) is 0 Å². The number of aromatic nitrogens is 1. The molecule has 3 heterocycles. The van der Waals surface area contributed by atoms with E-state index in [4.69, 9.17) is 4.42 Å². The highest BCUT2D eigenvalue weighted by Crippen LogP contribution is 2.32. The molecule has 6 heteroatoms. The molecule has 0 spiro atoms. The lowest BCUT2D eigenvalue weighted by molar-refractivity contribution is -0.115. The zero-order valence-corrected chi connectivity index (χ0v) is 13.5. The maximum atomic E-state index is 11.6. The molecule has 0 bridgehead atoms. The highest BCUT2D eigenvalue weighted by atomic mass is 32.2. The van der Waals surface area contributed by atoms with Crippen LogP contribution in [0.2, 0.25) is 0 Å². The molecule has 1 saturated heterocycles. The third-order valence-electron chi connectivity index (χ3n) is 3.72. The van der Waals surface area contributed by atoms with E-state index in [0.717, 1.165) is 28.3 Å². The Hall–Kier alpha value is -2.86. The second kappa shape index (κ2) is 5.65. The quantitative estimate of drug-likeness (QED) is 0.713. The number of hydrogen-bond acceptors (Lipinski definition) is 5. The van der Waals surface area contributed by atoms with Crippen LogP contribution in [0.1, 0.15) is 11.3 Å². The first-order chi connectivity index (χ1) is 11.6. The Bertz CT molecular complexity index is 1000. The minimum atomic E-state index is -0.401. The summed E-state index contributed by atoms with van der Waals surface area (Å²) in [6, 6.07) is 9.91. The van der Waals surface area contributed by atoms with Gasteiger partial charge in [-0.25, -0.2) is 0 Å². The molecule has 24 heavy (non-hydrogen) atoms. The Morgan fingerprint density at radius 1 is 1.17 bits per heavy atom. The third kappa shape index (κ3) is 2.61. The molecule has 5 nitrogen and oxygen atoms in total. The maximum absolute atomic E-state index is 11.6. The van der Waals surface area contributed by atoms with Gasteiger partial charge in [0.15, 0.2) is 0 Å². The van der Waals surface area contributed by atoms with Crippen molar-refractivity contribution in [2.75, 3.05) is 0 Å². The minimum absolute atomic E-state index is 0.323. The van der Waals surface area contributed by atoms with E-state index in [2.05, 4.69) is 10.3 Å². The largest absolute Gasteiger partial charge is 0.456 e. The summed E-state index contributed by atoms with van der Waals surface area (Å²) < 4.78 is 5.91. The number of carbonyl (C=O) groups excluding carboxylic acids is 2. The molecule has 2 amide bonds. The van der Waals surface area contributed by atoms with Gasteiger partial charge in [0, 0.05) is 29.4 Å². The number of benzene rings is 1. The smallest absolute Gasteiger partial charge is 0.290 e. The van der Waals surface area contributed by atoms with Gasteiger partial charge in [-0.05, 0) is 30.3 Å². The number of carbonyl (C=O) groups is 2. The fourth-order valence-corrected chi connectivity index (χ4v) is 3.20. The number of furan rings is 1. The molecule has 118 valence electrons. The molecule has 0 saturated carbocycles. The molecule has 1 aliphatic rings. The fraction of sp³-hybridized carbons (Fsp3) is 0.0556. The monoisotopic (exact) mass is 336 g/mol. The van der Waals surface area contributed by atoms with Crippen LogP contribution in [0.5, 0.6) is 0 Å². The van der Waals surface area contributed by atoms with Crippen molar-refractivity contribution in [2.45, 2.75) is 6.92 Å². The number of imide groups is 1. The highest BCUT2D eigenvalue weighted by molar-refractivity contribution is 8.18. The summed E-state index contributed by atoms with van der Waals surface area (Å²) in [7, 11) is 0. The fourth-order valence-electron chi connectivity index (χ4n) is 2.54. The van der Waals surface area contributed by atoms with Crippen LogP contribution < -0.4 is 5.32 Å². The summed E-state index contributed by atoms with van der Waals surface area (Å²) in [6.45, 7) is 2.03. The molecule has 0 radical (unpaired) electrons. The highest BCUT2D eigenvalue weighted by Gasteiger charge is 2.25. The zero-order valence-electron chi connectivity index (χ0n) is 12.7. The number of nitrogens with one attached hydrogen (secondary N) is 1. The molecule has 1 aromatic carbocycles. The molecular weight excluding hydrogens is 324 g/mol. The predicted molar refractivity (Wildman–Crippen MR) is 93.3 cm³/mol. The van der Waals surface area contributed by atoms with Gasteiger partial charge in [-0.3, -0.25) is 19.9 Å². The summed E-state index contributed by atoms with van der Waals surface area (Å²) in [5, 5.41) is 2.70. The van der Waals surface area contributed by atoms with Crippen molar-refractivity contribution < 1.29 is 14.0 Å². The predicted octanol–water partition coefficient (Wildman–Crippen LogP) is 4.13. The average molecular weight is 336 g/mol. The first-order valence-corrected chi connectivity index (χ1v) is 8.11. The van der Waals surface area contributed by atoms with Gasteiger partial charge < -0.3 is 4.42 Å². The topological polar surface area (TPSA) is 72.2 Å². The Morgan fingerprint density at radius 3 is 2.67 bits per heavy atom. The SMILES string of the molecule is Cc1ccc(-c2cncc3cc(/C=C4\SC(=O)NC4=O)oc23)cc1. The molecule has 1 fully saturated rings. The normalized spacial score (nSPS) is 16.1. The van der Waals surface area contributed by atoms with Crippen LogP contribution in [0.25, 0.3) is 28.2 Å². The van der Waals surface area contributed by atoms with Crippen molar-refractivity contribution in [3.8, 4) is 11.1 Å². The van der Waals surface area contributed by atoms with Gasteiger partial charge in [0.2, 0.25) is 0 Å². The van der Waals surface area contributed by atoms with E-state index >= 15 is 0 Å². The molecule has 0 aliphatic carbocycles. The Kier molecular flexibility index (Phi) is 3.46. The van der Waals surface area contributed by atoms with Crippen molar-refractivity contribution >= 4 is 40.0 Å². The summed E-state index contributed by atoms with van der Waals surface area (Å²) in [4.78, 5) is 27.5. The van der Waals surface area contributed by atoms with Crippen molar-refractivity contribution in [2.24, 2.45) is 0 Å². The lowest BCUT2D eigenvalue weighted by Crippen LogP contribution is -2.17. The number of fused-ring (bicyclic) bond motifs is 1. The number of thioether (sulfide) groups is 1. The van der Waals surface area contributed by atoms with Crippen molar-refractivity contribution in [1.82, 2.24) is 10.3 Å². The van der Waals surface area contributed by atoms with Gasteiger partial charge >= 0.3 is 0 Å². The van der Waals surface area contributed by atoms with Crippen LogP contribution in [0, 0.1) is 6.92 Å². The van der Waals surface area contributed by atoms with Gasteiger partial charge in [0.05, 0.1) is 4.91 Å². The number of rotatable bonds is 2. The van der Waals surface area contributed by atoms with Crippen LogP contribution in [0.4, 0.5) is 4.79 Å². The maximum Gasteiger partial charge on any atom is 0.290 e. The second-order valence-electron chi connectivity index (χ2n) is 5.47. The third-order valence-corrected chi connectivity index (χ3v) is 4.53. The first-order valence-electron chi connectivity index (χ1n) is 7.29. The van der Waals surface area contributed by atoms with E-state index < -0.39 is 5.91 Å². The Morgan fingerprint density at radius 2 is 1.96 bits per heavy atom.